The van der Waals surface area contributed by atoms with Gasteiger partial charge in [-0.3, -0.25) is 4.79 Å². The molecule has 3 rings (SSSR count). The molecule has 1 aromatic heterocycles. The standard InChI is InChI=1S/C19H19NO2S/c1-13(2)19(21)23-12-15(14-8-4-3-5-9-14)18-20-16-10-6-7-11-17(16)22-18/h3-11,13,15H,12H2,1-2H3. The molecule has 0 fully saturated rings. The highest BCUT2D eigenvalue weighted by Gasteiger charge is 2.22. The summed E-state index contributed by atoms with van der Waals surface area (Å²) >= 11 is 1.35. The van der Waals surface area contributed by atoms with Crippen LogP contribution in [0.25, 0.3) is 11.1 Å². The predicted molar refractivity (Wildman–Crippen MR) is 94.6 cm³/mol. The fourth-order valence-corrected chi connectivity index (χ4v) is 3.37. The minimum Gasteiger partial charge on any atom is -0.440 e. The minimum atomic E-state index is -0.0312. The Labute approximate surface area is 140 Å². The molecular weight excluding hydrogens is 306 g/mol. The Balaban J connectivity index is 1.92. The van der Waals surface area contributed by atoms with Gasteiger partial charge in [-0.2, -0.15) is 0 Å². The van der Waals surface area contributed by atoms with Gasteiger partial charge in [-0.05, 0) is 17.7 Å². The fourth-order valence-electron chi connectivity index (χ4n) is 2.37. The van der Waals surface area contributed by atoms with Crippen LogP contribution in [0.4, 0.5) is 0 Å². The van der Waals surface area contributed by atoms with Crippen molar-refractivity contribution in [3.05, 3.63) is 66.1 Å². The van der Waals surface area contributed by atoms with Crippen LogP contribution in [0.5, 0.6) is 0 Å². The van der Waals surface area contributed by atoms with Gasteiger partial charge in [-0.15, -0.1) is 0 Å². The summed E-state index contributed by atoms with van der Waals surface area (Å²) in [6, 6.07) is 17.8. The van der Waals surface area contributed by atoms with Gasteiger partial charge in [0.25, 0.3) is 0 Å². The third kappa shape index (κ3) is 3.64. The summed E-state index contributed by atoms with van der Waals surface area (Å²) in [6.07, 6.45) is 0. The van der Waals surface area contributed by atoms with Gasteiger partial charge in [-0.1, -0.05) is 68.1 Å². The van der Waals surface area contributed by atoms with Crippen molar-refractivity contribution in [2.75, 3.05) is 5.75 Å². The van der Waals surface area contributed by atoms with E-state index in [1.54, 1.807) is 0 Å². The van der Waals surface area contributed by atoms with Gasteiger partial charge in [0.2, 0.25) is 5.89 Å². The lowest BCUT2D eigenvalue weighted by Crippen LogP contribution is -2.09. The summed E-state index contributed by atoms with van der Waals surface area (Å²) in [6.45, 7) is 3.85. The molecule has 1 atom stereocenters. The van der Waals surface area contributed by atoms with Crippen molar-refractivity contribution in [2.45, 2.75) is 19.8 Å². The highest BCUT2D eigenvalue weighted by Crippen LogP contribution is 2.31. The molecule has 0 N–H and O–H groups in total. The van der Waals surface area contributed by atoms with E-state index in [-0.39, 0.29) is 17.0 Å². The predicted octanol–water partition coefficient (Wildman–Crippen LogP) is 4.88. The second-order valence-corrected chi connectivity index (χ2v) is 6.79. The minimum absolute atomic E-state index is 0.0278. The van der Waals surface area contributed by atoms with Crippen LogP contribution in [0.15, 0.2) is 59.0 Å². The van der Waals surface area contributed by atoms with Crippen LogP contribution in [0.2, 0.25) is 0 Å². The highest BCUT2D eigenvalue weighted by molar-refractivity contribution is 8.13. The van der Waals surface area contributed by atoms with Crippen molar-refractivity contribution < 1.29 is 9.21 Å². The maximum Gasteiger partial charge on any atom is 0.203 e. The average Bonchev–Trinajstić information content (AvgIpc) is 2.99. The van der Waals surface area contributed by atoms with Gasteiger partial charge >= 0.3 is 0 Å². The van der Waals surface area contributed by atoms with E-state index in [2.05, 4.69) is 17.1 Å². The maximum absolute atomic E-state index is 12.0. The molecule has 0 saturated heterocycles. The van der Waals surface area contributed by atoms with Crippen molar-refractivity contribution >= 4 is 28.0 Å². The Hall–Kier alpha value is -2.07. The number of benzene rings is 2. The largest absolute Gasteiger partial charge is 0.440 e. The molecule has 0 amide bonds. The van der Waals surface area contributed by atoms with Crippen molar-refractivity contribution in [1.29, 1.82) is 0 Å². The van der Waals surface area contributed by atoms with E-state index in [9.17, 15) is 4.79 Å². The molecule has 3 nitrogen and oxygen atoms in total. The number of fused-ring (bicyclic) bond motifs is 1. The Morgan fingerprint density at radius 1 is 1.09 bits per heavy atom. The van der Waals surface area contributed by atoms with E-state index in [1.165, 1.54) is 11.8 Å². The monoisotopic (exact) mass is 325 g/mol. The fraction of sp³-hybridized carbons (Fsp3) is 0.263. The smallest absolute Gasteiger partial charge is 0.203 e. The molecule has 0 aliphatic heterocycles. The molecule has 0 spiro atoms. The molecule has 4 heteroatoms. The number of rotatable bonds is 5. The maximum atomic E-state index is 12.0. The van der Waals surface area contributed by atoms with Crippen molar-refractivity contribution in [2.24, 2.45) is 5.92 Å². The Morgan fingerprint density at radius 2 is 1.78 bits per heavy atom. The zero-order valence-electron chi connectivity index (χ0n) is 13.2. The van der Waals surface area contributed by atoms with Gasteiger partial charge in [0, 0.05) is 11.7 Å². The first kappa shape index (κ1) is 15.8. The molecule has 0 aliphatic rings. The number of hydrogen-bond acceptors (Lipinski definition) is 4. The summed E-state index contributed by atoms with van der Waals surface area (Å²) in [5.41, 5.74) is 2.75. The number of para-hydroxylation sites is 2. The second-order valence-electron chi connectivity index (χ2n) is 5.77. The third-order valence-electron chi connectivity index (χ3n) is 3.67. The average molecular weight is 325 g/mol. The molecule has 0 bridgehead atoms. The van der Waals surface area contributed by atoms with E-state index in [0.717, 1.165) is 16.7 Å². The molecule has 3 aromatic rings. The van der Waals surface area contributed by atoms with Crippen LogP contribution in [0, 0.1) is 5.92 Å². The summed E-state index contributed by atoms with van der Waals surface area (Å²) in [7, 11) is 0. The van der Waals surface area contributed by atoms with Gasteiger partial charge < -0.3 is 4.42 Å². The van der Waals surface area contributed by atoms with E-state index in [0.29, 0.717) is 11.6 Å². The van der Waals surface area contributed by atoms with Crippen LogP contribution in [-0.4, -0.2) is 15.9 Å². The lowest BCUT2D eigenvalue weighted by atomic mass is 10.0. The topological polar surface area (TPSA) is 43.1 Å². The third-order valence-corrected chi connectivity index (χ3v) is 4.93. The summed E-state index contributed by atoms with van der Waals surface area (Å²) < 4.78 is 5.94. The number of carbonyl (C=O) groups is 1. The Kier molecular flexibility index (Phi) is 4.82. The molecule has 1 heterocycles. The van der Waals surface area contributed by atoms with Crippen molar-refractivity contribution in [3.63, 3.8) is 0 Å². The zero-order chi connectivity index (χ0) is 16.2. The van der Waals surface area contributed by atoms with Crippen LogP contribution in [-0.2, 0) is 4.79 Å². The number of thioether (sulfide) groups is 1. The molecule has 0 saturated carbocycles. The number of carbonyl (C=O) groups excluding carboxylic acids is 1. The van der Waals surface area contributed by atoms with Crippen LogP contribution in [0.1, 0.15) is 31.2 Å². The van der Waals surface area contributed by atoms with Gasteiger partial charge in [0.15, 0.2) is 10.7 Å². The van der Waals surface area contributed by atoms with E-state index in [4.69, 9.17) is 4.42 Å². The second kappa shape index (κ2) is 7.01. The SMILES string of the molecule is CC(C)C(=O)SCC(c1ccccc1)c1nc2ccccc2o1. The highest BCUT2D eigenvalue weighted by atomic mass is 32.2. The van der Waals surface area contributed by atoms with Gasteiger partial charge in [-0.25, -0.2) is 4.98 Å². The lowest BCUT2D eigenvalue weighted by Gasteiger charge is -2.13. The Bertz CT molecular complexity index is 762. The molecule has 2 aromatic carbocycles. The summed E-state index contributed by atoms with van der Waals surface area (Å²) in [5, 5.41) is 0.196. The number of hydrogen-bond donors (Lipinski definition) is 0. The van der Waals surface area contributed by atoms with Gasteiger partial charge in [0.1, 0.15) is 5.52 Å². The van der Waals surface area contributed by atoms with E-state index in [1.807, 2.05) is 56.3 Å². The van der Waals surface area contributed by atoms with Crippen LogP contribution >= 0.6 is 11.8 Å². The molecule has 0 aliphatic carbocycles. The van der Waals surface area contributed by atoms with E-state index < -0.39 is 0 Å². The Morgan fingerprint density at radius 3 is 2.48 bits per heavy atom. The summed E-state index contributed by atoms with van der Waals surface area (Å²) in [5.74, 6) is 1.30. The number of oxazole rings is 1. The molecule has 23 heavy (non-hydrogen) atoms. The van der Waals surface area contributed by atoms with Gasteiger partial charge in [0.05, 0.1) is 5.92 Å². The zero-order valence-corrected chi connectivity index (χ0v) is 14.0. The first-order valence-corrected chi connectivity index (χ1v) is 8.70. The first-order chi connectivity index (χ1) is 11.1. The molecular formula is C19H19NO2S. The summed E-state index contributed by atoms with van der Waals surface area (Å²) in [4.78, 5) is 16.6. The first-order valence-electron chi connectivity index (χ1n) is 7.72. The van der Waals surface area contributed by atoms with Crippen LogP contribution < -0.4 is 0 Å². The molecule has 1 unspecified atom stereocenters. The quantitative estimate of drug-likeness (QED) is 0.671. The van der Waals surface area contributed by atoms with Crippen LogP contribution in [0.3, 0.4) is 0 Å². The van der Waals surface area contributed by atoms with Crippen molar-refractivity contribution in [3.8, 4) is 0 Å². The number of aromatic nitrogens is 1. The number of nitrogens with zero attached hydrogens (tertiary/aromatic N) is 1. The van der Waals surface area contributed by atoms with Crippen molar-refractivity contribution in [1.82, 2.24) is 4.98 Å². The molecule has 118 valence electrons. The van der Waals surface area contributed by atoms with E-state index >= 15 is 0 Å². The normalized spacial score (nSPS) is 12.7. The lowest BCUT2D eigenvalue weighted by molar-refractivity contribution is -0.113. The molecule has 0 radical (unpaired) electrons.